The third-order valence-electron chi connectivity index (χ3n) is 3.70. The molecule has 0 fully saturated rings. The van der Waals surface area contributed by atoms with E-state index in [0.717, 1.165) is 11.3 Å². The predicted molar refractivity (Wildman–Crippen MR) is 98.6 cm³/mol. The Labute approximate surface area is 151 Å². The van der Waals surface area contributed by atoms with E-state index in [0.29, 0.717) is 29.8 Å². The molecule has 1 heterocycles. The number of methoxy groups -OCH3 is 2. The molecule has 6 nitrogen and oxygen atoms in total. The van der Waals surface area contributed by atoms with Gasteiger partial charge in [0.05, 0.1) is 19.9 Å². The minimum atomic E-state index is -0.254. The molecule has 3 aromatic rings. The lowest BCUT2D eigenvalue weighted by Gasteiger charge is -2.12. The molecule has 0 aliphatic rings. The topological polar surface area (TPSA) is 68.3 Å². The van der Waals surface area contributed by atoms with Crippen molar-refractivity contribution < 1.29 is 13.9 Å². The van der Waals surface area contributed by atoms with Crippen LogP contribution in [0.4, 0.5) is 21.8 Å². The second-order valence-corrected chi connectivity index (χ2v) is 5.44. The number of nitrogens with one attached hydrogen (secondary N) is 2. The van der Waals surface area contributed by atoms with Gasteiger partial charge in [-0.3, -0.25) is 0 Å². The normalized spacial score (nSPS) is 10.3. The van der Waals surface area contributed by atoms with E-state index in [-0.39, 0.29) is 5.82 Å². The Hall–Kier alpha value is -3.35. The predicted octanol–water partition coefficient (Wildman–Crippen LogP) is 3.99. The average Bonchev–Trinajstić information content (AvgIpc) is 2.68. The van der Waals surface area contributed by atoms with Crippen molar-refractivity contribution in [3.63, 3.8) is 0 Å². The van der Waals surface area contributed by atoms with Crippen molar-refractivity contribution in [1.82, 2.24) is 9.97 Å². The maximum atomic E-state index is 13.0. The highest BCUT2D eigenvalue weighted by atomic mass is 19.1. The fourth-order valence-electron chi connectivity index (χ4n) is 2.33. The van der Waals surface area contributed by atoms with Crippen molar-refractivity contribution in [2.24, 2.45) is 0 Å². The minimum Gasteiger partial charge on any atom is -0.497 e. The smallest absolute Gasteiger partial charge is 0.229 e. The van der Waals surface area contributed by atoms with Crippen molar-refractivity contribution in [2.45, 2.75) is 6.54 Å². The van der Waals surface area contributed by atoms with Crippen LogP contribution in [-0.4, -0.2) is 24.2 Å². The quantitative estimate of drug-likeness (QED) is 0.669. The fraction of sp³-hybridized carbons (Fsp3) is 0.158. The molecule has 134 valence electrons. The van der Waals surface area contributed by atoms with E-state index >= 15 is 0 Å². The fourth-order valence-corrected chi connectivity index (χ4v) is 2.33. The number of halogens is 1. The lowest BCUT2D eigenvalue weighted by atomic mass is 10.2. The Kier molecular flexibility index (Phi) is 5.48. The number of aromatic nitrogens is 2. The van der Waals surface area contributed by atoms with E-state index in [4.69, 9.17) is 9.47 Å². The van der Waals surface area contributed by atoms with Gasteiger partial charge in [0.2, 0.25) is 5.95 Å². The Bertz CT molecular complexity index is 872. The molecule has 0 aliphatic heterocycles. The molecule has 0 saturated carbocycles. The van der Waals surface area contributed by atoms with Crippen LogP contribution in [0.5, 0.6) is 11.5 Å². The van der Waals surface area contributed by atoms with E-state index in [2.05, 4.69) is 20.6 Å². The van der Waals surface area contributed by atoms with Crippen molar-refractivity contribution in [3.8, 4) is 11.5 Å². The zero-order valence-electron chi connectivity index (χ0n) is 14.5. The van der Waals surface area contributed by atoms with Gasteiger partial charge in [-0.15, -0.1) is 0 Å². The van der Waals surface area contributed by atoms with Gasteiger partial charge in [-0.25, -0.2) is 9.37 Å². The van der Waals surface area contributed by atoms with Gasteiger partial charge >= 0.3 is 0 Å². The summed E-state index contributed by atoms with van der Waals surface area (Å²) in [5.41, 5.74) is 1.68. The van der Waals surface area contributed by atoms with E-state index in [1.807, 2.05) is 12.1 Å². The van der Waals surface area contributed by atoms with E-state index in [1.54, 1.807) is 44.7 Å². The maximum absolute atomic E-state index is 13.0. The zero-order chi connectivity index (χ0) is 18.4. The summed E-state index contributed by atoms with van der Waals surface area (Å²) in [6, 6.07) is 13.5. The van der Waals surface area contributed by atoms with Crippen LogP contribution in [0.2, 0.25) is 0 Å². The molecular formula is C19H19FN4O2. The molecule has 26 heavy (non-hydrogen) atoms. The van der Waals surface area contributed by atoms with E-state index < -0.39 is 0 Å². The largest absolute Gasteiger partial charge is 0.497 e. The molecule has 0 bridgehead atoms. The molecule has 0 saturated heterocycles. The third-order valence-corrected chi connectivity index (χ3v) is 3.70. The average molecular weight is 354 g/mol. The van der Waals surface area contributed by atoms with Crippen LogP contribution in [0.15, 0.2) is 54.7 Å². The molecule has 7 heteroatoms. The summed E-state index contributed by atoms with van der Waals surface area (Å²) in [5.74, 6) is 2.15. The van der Waals surface area contributed by atoms with Crippen LogP contribution in [0.25, 0.3) is 0 Å². The number of hydrogen-bond donors (Lipinski definition) is 2. The second kappa shape index (κ2) is 8.15. The van der Waals surface area contributed by atoms with Gasteiger partial charge in [0.25, 0.3) is 0 Å². The monoisotopic (exact) mass is 354 g/mol. The van der Waals surface area contributed by atoms with Crippen LogP contribution >= 0.6 is 0 Å². The molecule has 0 aliphatic carbocycles. The van der Waals surface area contributed by atoms with Crippen LogP contribution in [-0.2, 0) is 6.54 Å². The lowest BCUT2D eigenvalue weighted by molar-refractivity contribution is 0.395. The zero-order valence-corrected chi connectivity index (χ0v) is 14.5. The minimum absolute atomic E-state index is 0.254. The number of ether oxygens (including phenoxy) is 2. The highest BCUT2D eigenvalue weighted by Crippen LogP contribution is 2.30. The SMILES string of the molecule is COc1ccc(Nc2nccc(NCc3ccc(F)cc3)n2)c(OC)c1. The Balaban J connectivity index is 1.70. The molecule has 1 aromatic heterocycles. The number of benzene rings is 2. The van der Waals surface area contributed by atoms with Gasteiger partial charge in [0.15, 0.2) is 0 Å². The lowest BCUT2D eigenvalue weighted by Crippen LogP contribution is -2.04. The first-order valence-electron chi connectivity index (χ1n) is 7.98. The van der Waals surface area contributed by atoms with Gasteiger partial charge in [-0.2, -0.15) is 4.98 Å². The standard InChI is InChI=1S/C19H19FN4O2/c1-25-15-7-8-16(17(11-15)26-2)23-19-21-10-9-18(24-19)22-12-13-3-5-14(20)6-4-13/h3-11H,12H2,1-2H3,(H2,21,22,23,24). The molecule has 0 spiro atoms. The summed E-state index contributed by atoms with van der Waals surface area (Å²) in [6.45, 7) is 0.530. The van der Waals surface area contributed by atoms with E-state index in [1.165, 1.54) is 12.1 Å². The number of anilines is 3. The molecule has 2 aromatic carbocycles. The van der Waals surface area contributed by atoms with Crippen molar-refractivity contribution >= 4 is 17.5 Å². The Morgan fingerprint density at radius 3 is 2.54 bits per heavy atom. The van der Waals surface area contributed by atoms with Gasteiger partial charge < -0.3 is 20.1 Å². The van der Waals surface area contributed by atoms with Crippen LogP contribution in [0.1, 0.15) is 5.56 Å². The highest BCUT2D eigenvalue weighted by Gasteiger charge is 2.07. The first-order chi connectivity index (χ1) is 12.7. The summed E-state index contributed by atoms with van der Waals surface area (Å²) in [5, 5.41) is 6.32. The third kappa shape index (κ3) is 4.38. The molecule has 3 rings (SSSR count). The number of hydrogen-bond acceptors (Lipinski definition) is 6. The van der Waals surface area contributed by atoms with Gasteiger partial charge in [0.1, 0.15) is 23.1 Å². The summed E-state index contributed by atoms with van der Waals surface area (Å²) >= 11 is 0. The van der Waals surface area contributed by atoms with Gasteiger partial charge in [-0.1, -0.05) is 12.1 Å². The number of rotatable bonds is 7. The molecule has 0 atom stereocenters. The first-order valence-corrected chi connectivity index (χ1v) is 7.98. The molecule has 2 N–H and O–H groups in total. The van der Waals surface area contributed by atoms with Gasteiger partial charge in [0, 0.05) is 18.8 Å². The maximum Gasteiger partial charge on any atom is 0.229 e. The summed E-state index contributed by atoms with van der Waals surface area (Å²) in [6.07, 6.45) is 1.65. The molecular weight excluding hydrogens is 335 g/mol. The molecule has 0 unspecified atom stereocenters. The molecule has 0 amide bonds. The summed E-state index contributed by atoms with van der Waals surface area (Å²) < 4.78 is 23.5. The second-order valence-electron chi connectivity index (χ2n) is 5.44. The van der Waals surface area contributed by atoms with Crippen LogP contribution in [0.3, 0.4) is 0 Å². The Morgan fingerprint density at radius 1 is 1.00 bits per heavy atom. The van der Waals surface area contributed by atoms with Crippen LogP contribution < -0.4 is 20.1 Å². The highest BCUT2D eigenvalue weighted by molar-refractivity contribution is 5.64. The van der Waals surface area contributed by atoms with Crippen molar-refractivity contribution in [3.05, 3.63) is 66.1 Å². The summed E-state index contributed by atoms with van der Waals surface area (Å²) in [4.78, 5) is 8.65. The van der Waals surface area contributed by atoms with E-state index in [9.17, 15) is 4.39 Å². The molecule has 0 radical (unpaired) electrons. The van der Waals surface area contributed by atoms with Crippen molar-refractivity contribution in [2.75, 3.05) is 24.9 Å². The van der Waals surface area contributed by atoms with Gasteiger partial charge in [-0.05, 0) is 35.9 Å². The first kappa shape index (κ1) is 17.5. The van der Waals surface area contributed by atoms with Crippen molar-refractivity contribution in [1.29, 1.82) is 0 Å². The number of nitrogens with zero attached hydrogens (tertiary/aromatic N) is 2. The summed E-state index contributed by atoms with van der Waals surface area (Å²) in [7, 11) is 3.18. The van der Waals surface area contributed by atoms with Crippen LogP contribution in [0, 0.1) is 5.82 Å². The Morgan fingerprint density at radius 2 is 1.81 bits per heavy atom.